The normalized spacial score (nSPS) is 20.4. The predicted molar refractivity (Wildman–Crippen MR) is 70.1 cm³/mol. The summed E-state index contributed by atoms with van der Waals surface area (Å²) in [7, 11) is 0. The third-order valence-electron chi connectivity index (χ3n) is 2.96. The van der Waals surface area contributed by atoms with Gasteiger partial charge < -0.3 is 11.1 Å². The third kappa shape index (κ3) is 2.21. The van der Waals surface area contributed by atoms with Crippen LogP contribution in [0, 0.1) is 0 Å². The fourth-order valence-corrected chi connectivity index (χ4v) is 3.34. The second kappa shape index (κ2) is 4.87. The Morgan fingerprint density at radius 2 is 2.31 bits per heavy atom. The molecule has 2 heterocycles. The van der Waals surface area contributed by atoms with Gasteiger partial charge in [0.25, 0.3) is 0 Å². The molecule has 4 heteroatoms. The standard InChI is InChI=1S/C12H19N3S/c1-3-8-7-9(4-2)16-11(8)10-5-6-14-12(13)15-10/h7,10H,3-6H2,1-2H3,(H3,13,14,15). The highest BCUT2D eigenvalue weighted by Gasteiger charge is 2.20. The molecule has 3 nitrogen and oxygen atoms in total. The summed E-state index contributed by atoms with van der Waals surface area (Å²) in [5, 5.41) is 3.28. The summed E-state index contributed by atoms with van der Waals surface area (Å²) >= 11 is 1.92. The second-order valence-corrected chi connectivity index (χ2v) is 5.23. The van der Waals surface area contributed by atoms with E-state index in [2.05, 4.69) is 30.2 Å². The molecular formula is C12H19N3S. The number of nitrogens with two attached hydrogens (primary N) is 1. The summed E-state index contributed by atoms with van der Waals surface area (Å²) in [6.45, 7) is 5.26. The maximum absolute atomic E-state index is 5.74. The SMILES string of the molecule is CCc1cc(CC)c(C2CCN=C(N)N2)s1. The van der Waals surface area contributed by atoms with Gasteiger partial charge in [0.1, 0.15) is 0 Å². The fourth-order valence-electron chi connectivity index (χ4n) is 2.05. The van der Waals surface area contributed by atoms with Crippen molar-refractivity contribution in [1.82, 2.24) is 5.32 Å². The van der Waals surface area contributed by atoms with Gasteiger partial charge in [0.2, 0.25) is 0 Å². The predicted octanol–water partition coefficient (Wildman–Crippen LogP) is 2.22. The minimum Gasteiger partial charge on any atom is -0.370 e. The van der Waals surface area contributed by atoms with Crippen LogP contribution in [-0.4, -0.2) is 12.5 Å². The largest absolute Gasteiger partial charge is 0.370 e. The van der Waals surface area contributed by atoms with Gasteiger partial charge in [-0.25, -0.2) is 0 Å². The molecule has 0 fully saturated rings. The van der Waals surface area contributed by atoms with Crippen molar-refractivity contribution in [2.75, 3.05) is 6.54 Å². The Balaban J connectivity index is 2.25. The number of rotatable bonds is 3. The first-order valence-electron chi connectivity index (χ1n) is 5.92. The van der Waals surface area contributed by atoms with Crippen molar-refractivity contribution >= 4 is 17.3 Å². The van der Waals surface area contributed by atoms with Crippen molar-refractivity contribution < 1.29 is 0 Å². The van der Waals surface area contributed by atoms with Gasteiger partial charge in [-0.05, 0) is 30.9 Å². The van der Waals surface area contributed by atoms with Crippen molar-refractivity contribution in [3.8, 4) is 0 Å². The fraction of sp³-hybridized carbons (Fsp3) is 0.583. The molecule has 0 aromatic carbocycles. The van der Waals surface area contributed by atoms with Gasteiger partial charge in [-0.3, -0.25) is 4.99 Å². The van der Waals surface area contributed by atoms with Crippen LogP contribution < -0.4 is 11.1 Å². The van der Waals surface area contributed by atoms with Gasteiger partial charge >= 0.3 is 0 Å². The molecule has 88 valence electrons. The van der Waals surface area contributed by atoms with Gasteiger partial charge in [-0.2, -0.15) is 0 Å². The maximum atomic E-state index is 5.74. The summed E-state index contributed by atoms with van der Waals surface area (Å²) in [5.41, 5.74) is 7.20. The van der Waals surface area contributed by atoms with Gasteiger partial charge in [0.15, 0.2) is 5.96 Å². The van der Waals surface area contributed by atoms with Gasteiger partial charge in [0, 0.05) is 16.3 Å². The van der Waals surface area contributed by atoms with E-state index in [0.717, 1.165) is 25.8 Å². The lowest BCUT2D eigenvalue weighted by atomic mass is 10.1. The van der Waals surface area contributed by atoms with Crippen molar-refractivity contribution in [2.45, 2.75) is 39.2 Å². The molecule has 1 aromatic rings. The number of aryl methyl sites for hydroxylation is 2. The number of hydrogen-bond acceptors (Lipinski definition) is 4. The number of aliphatic imine (C=N–C) groups is 1. The summed E-state index contributed by atoms with van der Waals surface area (Å²) in [4.78, 5) is 7.10. The molecule has 16 heavy (non-hydrogen) atoms. The van der Waals surface area contributed by atoms with Crippen LogP contribution in [0.2, 0.25) is 0 Å². The van der Waals surface area contributed by atoms with Gasteiger partial charge in [-0.15, -0.1) is 11.3 Å². The summed E-state index contributed by atoms with van der Waals surface area (Å²) in [6, 6.07) is 2.71. The molecule has 1 aromatic heterocycles. The molecule has 0 aliphatic carbocycles. The lowest BCUT2D eigenvalue weighted by molar-refractivity contribution is 0.573. The molecule has 0 saturated carbocycles. The average Bonchev–Trinajstić information content (AvgIpc) is 2.72. The zero-order valence-electron chi connectivity index (χ0n) is 9.92. The van der Waals surface area contributed by atoms with Crippen LogP contribution in [0.3, 0.4) is 0 Å². The first-order valence-corrected chi connectivity index (χ1v) is 6.74. The van der Waals surface area contributed by atoms with E-state index in [4.69, 9.17) is 5.73 Å². The Morgan fingerprint density at radius 1 is 1.50 bits per heavy atom. The zero-order valence-corrected chi connectivity index (χ0v) is 10.7. The average molecular weight is 237 g/mol. The van der Waals surface area contributed by atoms with Crippen molar-refractivity contribution in [2.24, 2.45) is 10.7 Å². The smallest absolute Gasteiger partial charge is 0.189 e. The van der Waals surface area contributed by atoms with Crippen LogP contribution >= 0.6 is 11.3 Å². The highest BCUT2D eigenvalue weighted by atomic mass is 32.1. The topological polar surface area (TPSA) is 50.4 Å². The maximum Gasteiger partial charge on any atom is 0.189 e. The Labute approximate surface area is 101 Å². The Kier molecular flexibility index (Phi) is 3.49. The Hall–Kier alpha value is -1.03. The lowest BCUT2D eigenvalue weighted by Crippen LogP contribution is -2.38. The molecule has 0 radical (unpaired) electrons. The molecule has 0 saturated heterocycles. The Morgan fingerprint density at radius 3 is 2.94 bits per heavy atom. The van der Waals surface area contributed by atoms with E-state index >= 15 is 0 Å². The number of guanidine groups is 1. The van der Waals surface area contributed by atoms with Gasteiger partial charge in [-0.1, -0.05) is 13.8 Å². The van der Waals surface area contributed by atoms with Crippen LogP contribution in [0.1, 0.15) is 41.6 Å². The van der Waals surface area contributed by atoms with Crippen LogP contribution in [0.25, 0.3) is 0 Å². The minimum atomic E-state index is 0.373. The summed E-state index contributed by atoms with van der Waals surface area (Å²) in [5.74, 6) is 0.588. The van der Waals surface area contributed by atoms with Crippen molar-refractivity contribution in [3.63, 3.8) is 0 Å². The van der Waals surface area contributed by atoms with Crippen LogP contribution in [0.5, 0.6) is 0 Å². The van der Waals surface area contributed by atoms with Gasteiger partial charge in [0.05, 0.1) is 6.04 Å². The van der Waals surface area contributed by atoms with E-state index in [1.807, 2.05) is 11.3 Å². The number of nitrogens with one attached hydrogen (secondary N) is 1. The molecule has 1 aliphatic rings. The van der Waals surface area contributed by atoms with Crippen molar-refractivity contribution in [1.29, 1.82) is 0 Å². The molecule has 1 unspecified atom stereocenters. The lowest BCUT2D eigenvalue weighted by Gasteiger charge is -2.22. The molecule has 0 amide bonds. The summed E-state index contributed by atoms with van der Waals surface area (Å²) in [6.07, 6.45) is 3.27. The third-order valence-corrected chi connectivity index (χ3v) is 4.40. The first-order chi connectivity index (χ1) is 7.74. The molecule has 0 bridgehead atoms. The quantitative estimate of drug-likeness (QED) is 0.847. The molecule has 1 aliphatic heterocycles. The number of hydrogen-bond donors (Lipinski definition) is 2. The molecule has 2 rings (SSSR count). The second-order valence-electron chi connectivity index (χ2n) is 4.06. The number of nitrogens with zero attached hydrogens (tertiary/aromatic N) is 1. The monoisotopic (exact) mass is 237 g/mol. The van der Waals surface area contributed by atoms with E-state index in [9.17, 15) is 0 Å². The molecule has 1 atom stereocenters. The van der Waals surface area contributed by atoms with E-state index < -0.39 is 0 Å². The highest BCUT2D eigenvalue weighted by molar-refractivity contribution is 7.12. The number of thiophene rings is 1. The molecule has 3 N–H and O–H groups in total. The van der Waals surface area contributed by atoms with Crippen molar-refractivity contribution in [3.05, 3.63) is 21.4 Å². The van der Waals surface area contributed by atoms with E-state index in [1.165, 1.54) is 15.3 Å². The molecule has 0 spiro atoms. The van der Waals surface area contributed by atoms with E-state index in [1.54, 1.807) is 0 Å². The van der Waals surface area contributed by atoms with E-state index in [-0.39, 0.29) is 0 Å². The highest BCUT2D eigenvalue weighted by Crippen LogP contribution is 2.31. The van der Waals surface area contributed by atoms with Crippen LogP contribution in [0.15, 0.2) is 11.1 Å². The molecular weight excluding hydrogens is 218 g/mol. The van der Waals surface area contributed by atoms with E-state index in [0.29, 0.717) is 12.0 Å². The first kappa shape index (κ1) is 11.5. The van der Waals surface area contributed by atoms with Crippen LogP contribution in [0.4, 0.5) is 0 Å². The zero-order chi connectivity index (χ0) is 11.5. The Bertz CT molecular complexity index is 395. The minimum absolute atomic E-state index is 0.373. The van der Waals surface area contributed by atoms with Crippen LogP contribution in [-0.2, 0) is 12.8 Å². The summed E-state index contributed by atoms with van der Waals surface area (Å²) < 4.78 is 0.